The molecule has 0 saturated carbocycles. The Morgan fingerprint density at radius 3 is 2.00 bits per heavy atom. The maximum absolute atomic E-state index is 5.27. The number of hydrogen-bond donors (Lipinski definition) is 0. The number of nitrogens with zero attached hydrogens (tertiary/aromatic N) is 2. The Morgan fingerprint density at radius 1 is 0.425 bits per heavy atom. The maximum atomic E-state index is 5.27. The molecule has 0 aliphatic rings. The lowest BCUT2D eigenvalue weighted by molar-refractivity contribution is 1.37. The first-order valence-electron chi connectivity index (χ1n) is 13.7. The summed E-state index contributed by atoms with van der Waals surface area (Å²) in [5, 5.41) is 12.4. The Morgan fingerprint density at radius 2 is 1.12 bits per heavy atom. The van der Waals surface area contributed by atoms with E-state index in [0.29, 0.717) is 0 Å². The van der Waals surface area contributed by atoms with E-state index in [9.17, 15) is 0 Å². The van der Waals surface area contributed by atoms with Gasteiger partial charge in [0.2, 0.25) is 0 Å². The van der Waals surface area contributed by atoms with Crippen LogP contribution in [0.5, 0.6) is 0 Å². The van der Waals surface area contributed by atoms with Gasteiger partial charge >= 0.3 is 0 Å². The third kappa shape index (κ3) is 2.99. The fourth-order valence-electron chi connectivity index (χ4n) is 6.58. The summed E-state index contributed by atoms with van der Waals surface area (Å²) in [5.41, 5.74) is 6.31. The van der Waals surface area contributed by atoms with Crippen molar-refractivity contribution >= 4 is 64.9 Å². The standard InChI is InChI=1S/C38H22N2/c1-2-7-26(8-3-1)37-38-36(30-12-5-4-9-28(30)22-39-38)32-20-17-27(21-33(32)40-37)29-18-15-25-14-13-23-10-6-11-24-16-19-31(29)35(25)34(23)24/h1-22H. The molecule has 0 amide bonds. The van der Waals surface area contributed by atoms with Gasteiger partial charge in [0.1, 0.15) is 0 Å². The highest BCUT2D eigenvalue weighted by molar-refractivity contribution is 6.26. The fraction of sp³-hybridized carbons (Fsp3) is 0. The summed E-state index contributed by atoms with van der Waals surface area (Å²) in [5.74, 6) is 0. The van der Waals surface area contributed by atoms with Crippen LogP contribution in [-0.4, -0.2) is 9.97 Å². The molecule has 0 N–H and O–H groups in total. The summed E-state index contributed by atoms with van der Waals surface area (Å²) in [6.07, 6.45) is 1.97. The lowest BCUT2D eigenvalue weighted by Crippen LogP contribution is -1.94. The van der Waals surface area contributed by atoms with Crippen LogP contribution in [0.1, 0.15) is 0 Å². The second-order valence-corrected chi connectivity index (χ2v) is 10.6. The average Bonchev–Trinajstić information content (AvgIpc) is 3.03. The van der Waals surface area contributed by atoms with E-state index in [4.69, 9.17) is 9.97 Å². The molecule has 0 atom stereocenters. The fourth-order valence-corrected chi connectivity index (χ4v) is 6.58. The van der Waals surface area contributed by atoms with Crippen molar-refractivity contribution in [3.8, 4) is 22.4 Å². The number of rotatable bonds is 2. The molecule has 2 aromatic heterocycles. The van der Waals surface area contributed by atoms with E-state index in [-0.39, 0.29) is 0 Å². The second-order valence-electron chi connectivity index (χ2n) is 10.6. The van der Waals surface area contributed by atoms with Crippen LogP contribution in [0.4, 0.5) is 0 Å². The normalized spacial score (nSPS) is 12.0. The molecule has 0 aliphatic carbocycles. The van der Waals surface area contributed by atoms with E-state index < -0.39 is 0 Å². The van der Waals surface area contributed by atoms with Gasteiger partial charge in [-0.05, 0) is 54.9 Å². The van der Waals surface area contributed by atoms with Crippen molar-refractivity contribution in [2.24, 2.45) is 0 Å². The second kappa shape index (κ2) is 8.08. The predicted octanol–water partition coefficient (Wildman–Crippen LogP) is 10.2. The van der Waals surface area contributed by atoms with E-state index in [1.807, 2.05) is 12.3 Å². The van der Waals surface area contributed by atoms with Crippen LogP contribution in [0.25, 0.3) is 87.3 Å². The van der Waals surface area contributed by atoms with Gasteiger partial charge < -0.3 is 0 Å². The van der Waals surface area contributed by atoms with Gasteiger partial charge in [-0.1, -0.05) is 121 Å². The van der Waals surface area contributed by atoms with Crippen LogP contribution in [-0.2, 0) is 0 Å². The third-order valence-corrected chi connectivity index (χ3v) is 8.41. The molecule has 40 heavy (non-hydrogen) atoms. The lowest BCUT2D eigenvalue weighted by atomic mass is 9.89. The molecule has 2 heteroatoms. The van der Waals surface area contributed by atoms with Crippen molar-refractivity contribution < 1.29 is 0 Å². The van der Waals surface area contributed by atoms with Gasteiger partial charge in [0.05, 0.1) is 16.7 Å². The molecule has 9 aromatic rings. The van der Waals surface area contributed by atoms with Crippen LogP contribution in [0, 0.1) is 0 Å². The van der Waals surface area contributed by atoms with Crippen LogP contribution in [0.3, 0.4) is 0 Å². The molecule has 0 bridgehead atoms. The van der Waals surface area contributed by atoms with Crippen molar-refractivity contribution in [3.63, 3.8) is 0 Å². The quantitative estimate of drug-likeness (QED) is 0.218. The van der Waals surface area contributed by atoms with Gasteiger partial charge in [-0.15, -0.1) is 0 Å². The van der Waals surface area contributed by atoms with Gasteiger partial charge in [-0.2, -0.15) is 0 Å². The molecule has 0 spiro atoms. The summed E-state index contributed by atoms with van der Waals surface area (Å²) in [6, 6.07) is 45.8. The van der Waals surface area contributed by atoms with E-state index in [0.717, 1.165) is 38.4 Å². The molecular formula is C38H22N2. The zero-order chi connectivity index (χ0) is 26.2. The minimum atomic E-state index is 0.918. The van der Waals surface area contributed by atoms with Gasteiger partial charge in [0.25, 0.3) is 0 Å². The van der Waals surface area contributed by atoms with Crippen LogP contribution in [0.15, 0.2) is 134 Å². The monoisotopic (exact) mass is 506 g/mol. The van der Waals surface area contributed by atoms with Gasteiger partial charge in [-0.3, -0.25) is 4.98 Å². The first-order chi connectivity index (χ1) is 19.8. The lowest BCUT2D eigenvalue weighted by Gasteiger charge is -2.15. The Balaban J connectivity index is 1.38. The topological polar surface area (TPSA) is 25.8 Å². The number of aromatic nitrogens is 2. The molecule has 9 rings (SSSR count). The van der Waals surface area contributed by atoms with Crippen molar-refractivity contribution in [1.82, 2.24) is 9.97 Å². The van der Waals surface area contributed by atoms with Crippen molar-refractivity contribution in [2.75, 3.05) is 0 Å². The summed E-state index contributed by atoms with van der Waals surface area (Å²) >= 11 is 0. The summed E-state index contributed by atoms with van der Waals surface area (Å²) in [7, 11) is 0. The Kier molecular flexibility index (Phi) is 4.36. The van der Waals surface area contributed by atoms with Gasteiger partial charge in [0, 0.05) is 27.9 Å². The maximum Gasteiger partial charge on any atom is 0.0978 e. The minimum absolute atomic E-state index is 0.918. The zero-order valence-corrected chi connectivity index (χ0v) is 21.6. The molecule has 184 valence electrons. The average molecular weight is 507 g/mol. The highest BCUT2D eigenvalue weighted by Crippen LogP contribution is 2.41. The number of fused-ring (bicyclic) bond motifs is 5. The SMILES string of the molecule is c1ccc(-c2nc3cc(-c4ccc5ccc6cccc7ccc4c5c67)ccc3c3c2ncc2ccccc23)cc1. The molecule has 2 nitrogen and oxygen atoms in total. The smallest absolute Gasteiger partial charge is 0.0978 e. The molecular weight excluding hydrogens is 484 g/mol. The van der Waals surface area contributed by atoms with E-state index in [2.05, 4.69) is 121 Å². The van der Waals surface area contributed by atoms with Crippen LogP contribution < -0.4 is 0 Å². The third-order valence-electron chi connectivity index (χ3n) is 8.41. The summed E-state index contributed by atoms with van der Waals surface area (Å²) < 4.78 is 0. The number of benzene rings is 7. The van der Waals surface area contributed by atoms with Crippen LogP contribution >= 0.6 is 0 Å². The van der Waals surface area contributed by atoms with Crippen molar-refractivity contribution in [1.29, 1.82) is 0 Å². The first kappa shape index (κ1) is 21.6. The van der Waals surface area contributed by atoms with Crippen molar-refractivity contribution in [3.05, 3.63) is 134 Å². The van der Waals surface area contributed by atoms with Crippen molar-refractivity contribution in [2.45, 2.75) is 0 Å². The molecule has 0 fully saturated rings. The highest BCUT2D eigenvalue weighted by atomic mass is 14.8. The van der Waals surface area contributed by atoms with E-state index in [1.54, 1.807) is 0 Å². The summed E-state index contributed by atoms with van der Waals surface area (Å²) in [4.78, 5) is 10.2. The largest absolute Gasteiger partial charge is 0.253 e. The molecule has 2 heterocycles. The minimum Gasteiger partial charge on any atom is -0.253 e. The molecule has 0 aliphatic heterocycles. The number of pyridine rings is 2. The molecule has 0 saturated heterocycles. The van der Waals surface area contributed by atoms with E-state index in [1.165, 1.54) is 48.8 Å². The Bertz CT molecular complexity index is 2410. The molecule has 0 unspecified atom stereocenters. The highest BCUT2D eigenvalue weighted by Gasteiger charge is 2.16. The Hall–Kier alpha value is -5.34. The van der Waals surface area contributed by atoms with Gasteiger partial charge in [0.15, 0.2) is 0 Å². The Labute approximate surface area is 230 Å². The molecule has 0 radical (unpaired) electrons. The zero-order valence-electron chi connectivity index (χ0n) is 21.6. The predicted molar refractivity (Wildman–Crippen MR) is 169 cm³/mol. The number of hydrogen-bond acceptors (Lipinski definition) is 2. The van der Waals surface area contributed by atoms with E-state index >= 15 is 0 Å². The first-order valence-corrected chi connectivity index (χ1v) is 13.7. The molecule has 7 aromatic carbocycles. The summed E-state index contributed by atoms with van der Waals surface area (Å²) in [6.45, 7) is 0. The van der Waals surface area contributed by atoms with Gasteiger partial charge in [-0.25, -0.2) is 4.98 Å². The van der Waals surface area contributed by atoms with Crippen LogP contribution in [0.2, 0.25) is 0 Å².